The summed E-state index contributed by atoms with van der Waals surface area (Å²) in [5.74, 6) is 0.0409. The predicted octanol–water partition coefficient (Wildman–Crippen LogP) is 2.96. The van der Waals surface area contributed by atoms with Gasteiger partial charge in [0.15, 0.2) is 0 Å². The molecule has 13 nitrogen and oxygen atoms in total. The van der Waals surface area contributed by atoms with E-state index in [1.165, 1.54) is 24.5 Å². The minimum absolute atomic E-state index is 0.0409. The van der Waals surface area contributed by atoms with Crippen molar-refractivity contribution in [3.05, 3.63) is 109 Å². The SMILES string of the molecule is CCC(=O)N1CCN(c2ccc(S(=O)(=O)NC)cc2)C[C@@H]1CO.CNS(=O)(=O)c1ccc(N2CCN[C@@H](CO[Si](c3ccccc3)(c3ccccc3)C(C)(C)C)C2)cc1. The van der Waals surface area contributed by atoms with Gasteiger partial charge in [-0.1, -0.05) is 88.4 Å². The molecule has 0 unspecified atom stereocenters. The van der Waals surface area contributed by atoms with Crippen molar-refractivity contribution in [3.8, 4) is 0 Å². The molecule has 59 heavy (non-hydrogen) atoms. The molecule has 6 rings (SSSR count). The van der Waals surface area contributed by atoms with Crippen LogP contribution in [0.2, 0.25) is 5.04 Å². The molecule has 2 aliphatic rings. The molecule has 16 heteroatoms. The Labute approximate surface area is 352 Å². The van der Waals surface area contributed by atoms with Crippen molar-refractivity contribution in [3.63, 3.8) is 0 Å². The van der Waals surface area contributed by atoms with Crippen LogP contribution in [0.5, 0.6) is 0 Å². The zero-order chi connectivity index (χ0) is 42.8. The van der Waals surface area contributed by atoms with Crippen LogP contribution in [0.25, 0.3) is 0 Å². The van der Waals surface area contributed by atoms with Gasteiger partial charge in [0.05, 0.1) is 29.0 Å². The summed E-state index contributed by atoms with van der Waals surface area (Å²) in [6.45, 7) is 13.4. The number of anilines is 2. The smallest absolute Gasteiger partial charge is 0.261 e. The van der Waals surface area contributed by atoms with E-state index in [0.29, 0.717) is 32.7 Å². The first-order chi connectivity index (χ1) is 28.1. The summed E-state index contributed by atoms with van der Waals surface area (Å²) < 4.78 is 59.4. The fraction of sp³-hybridized carbons (Fsp3) is 0.419. The van der Waals surface area contributed by atoms with Crippen molar-refractivity contribution in [2.45, 2.75) is 61.0 Å². The van der Waals surface area contributed by atoms with Crippen LogP contribution in [-0.4, -0.2) is 120 Å². The molecule has 4 N–H and O–H groups in total. The molecule has 0 aromatic heterocycles. The maximum Gasteiger partial charge on any atom is 0.261 e. The maximum absolute atomic E-state index is 12.1. The molecule has 2 saturated heterocycles. The van der Waals surface area contributed by atoms with Crippen LogP contribution in [0.3, 0.4) is 0 Å². The van der Waals surface area contributed by atoms with E-state index in [-0.39, 0.29) is 39.4 Å². The van der Waals surface area contributed by atoms with Gasteiger partial charge in [-0.15, -0.1) is 0 Å². The van der Waals surface area contributed by atoms with E-state index in [1.54, 1.807) is 41.3 Å². The lowest BCUT2D eigenvalue weighted by molar-refractivity contribution is -0.134. The third kappa shape index (κ3) is 10.8. The largest absolute Gasteiger partial charge is 0.406 e. The van der Waals surface area contributed by atoms with Crippen LogP contribution in [0.1, 0.15) is 34.1 Å². The van der Waals surface area contributed by atoms with E-state index >= 15 is 0 Å². The van der Waals surface area contributed by atoms with Crippen LogP contribution in [0, 0.1) is 0 Å². The highest BCUT2D eigenvalue weighted by Crippen LogP contribution is 2.37. The van der Waals surface area contributed by atoms with E-state index in [1.807, 2.05) is 19.1 Å². The molecule has 2 atom stereocenters. The maximum atomic E-state index is 12.1. The van der Waals surface area contributed by atoms with Crippen LogP contribution in [0.15, 0.2) is 119 Å². The molecule has 4 aromatic rings. The van der Waals surface area contributed by atoms with Gasteiger partial charge in [0.2, 0.25) is 26.0 Å². The number of piperazine rings is 2. The number of carbonyl (C=O) groups excluding carboxylic acids is 1. The monoisotopic (exact) mass is 864 g/mol. The van der Waals surface area contributed by atoms with Crippen molar-refractivity contribution in [1.29, 1.82) is 0 Å². The van der Waals surface area contributed by atoms with Crippen LogP contribution < -0.4 is 34.9 Å². The summed E-state index contributed by atoms with van der Waals surface area (Å²) in [5, 5.41) is 15.7. The lowest BCUT2D eigenvalue weighted by atomic mass is 10.1. The zero-order valence-electron chi connectivity index (χ0n) is 35.0. The van der Waals surface area contributed by atoms with Crippen LogP contribution in [-0.2, 0) is 29.3 Å². The minimum Gasteiger partial charge on any atom is -0.406 e. The van der Waals surface area contributed by atoms with Gasteiger partial charge < -0.3 is 29.5 Å². The molecule has 0 saturated carbocycles. The fourth-order valence-corrected chi connectivity index (χ4v) is 13.9. The Morgan fingerprint density at radius 2 is 1.22 bits per heavy atom. The molecule has 0 aliphatic carbocycles. The van der Waals surface area contributed by atoms with Crippen molar-refractivity contribution < 1.29 is 31.2 Å². The second kappa shape index (κ2) is 20.0. The number of hydrogen-bond donors (Lipinski definition) is 4. The Morgan fingerprint density at radius 3 is 1.64 bits per heavy atom. The molecule has 1 amide bonds. The van der Waals surface area contributed by atoms with Gasteiger partial charge in [0.1, 0.15) is 0 Å². The van der Waals surface area contributed by atoms with Gasteiger partial charge in [-0.3, -0.25) is 4.79 Å². The lowest BCUT2D eigenvalue weighted by Gasteiger charge is -2.44. The van der Waals surface area contributed by atoms with Gasteiger partial charge in [-0.2, -0.15) is 0 Å². The normalized spacial score (nSPS) is 17.9. The number of rotatable bonds is 13. The third-order valence-electron chi connectivity index (χ3n) is 11.1. The molecule has 320 valence electrons. The number of carbonyl (C=O) groups is 1. The highest BCUT2D eigenvalue weighted by Gasteiger charge is 2.50. The number of sulfonamides is 2. The van der Waals surface area contributed by atoms with Gasteiger partial charge >= 0.3 is 0 Å². The van der Waals surface area contributed by atoms with Crippen LogP contribution >= 0.6 is 0 Å². The van der Waals surface area contributed by atoms with E-state index in [9.17, 15) is 26.7 Å². The Bertz CT molecular complexity index is 2140. The van der Waals surface area contributed by atoms with Crippen LogP contribution in [0.4, 0.5) is 11.4 Å². The first-order valence-electron chi connectivity index (χ1n) is 20.1. The molecule has 0 spiro atoms. The molecular formula is C43H60N6O7S2Si. The highest BCUT2D eigenvalue weighted by atomic mass is 32.2. The Balaban J connectivity index is 0.000000248. The summed E-state index contributed by atoms with van der Waals surface area (Å²) in [6, 6.07) is 35.0. The number of amides is 1. The zero-order valence-corrected chi connectivity index (χ0v) is 37.6. The number of aliphatic hydroxyl groups excluding tert-OH is 1. The minimum atomic E-state index is -3.45. The van der Waals surface area contributed by atoms with Gasteiger partial charge in [0, 0.05) is 63.1 Å². The second-order valence-electron chi connectivity index (χ2n) is 15.7. The summed E-state index contributed by atoms with van der Waals surface area (Å²) in [6.07, 6.45) is 0.424. The number of aliphatic hydroxyl groups is 1. The molecular weight excluding hydrogens is 805 g/mol. The van der Waals surface area contributed by atoms with Gasteiger partial charge in [0.25, 0.3) is 8.32 Å². The average Bonchev–Trinajstić information content (AvgIpc) is 3.26. The third-order valence-corrected chi connectivity index (χ3v) is 18.9. The number of nitrogens with one attached hydrogen (secondary N) is 3. The molecule has 0 radical (unpaired) electrons. The molecule has 2 fully saturated rings. The standard InChI is InChI=1S/C28H37N3O3SSi.C15H23N3O4S/c1-28(2,3)36(26-11-7-5-8-12-26,27-13-9-6-10-14-27)34-22-23-21-31(20-19-30-23)24-15-17-25(18-16-24)35(32,33)29-4;1-3-15(20)18-9-8-17(10-13(18)11-19)12-4-6-14(7-5-12)23(21,22)16-2/h5-18,23,29-30H,19-22H2,1-4H3;4-7,13,16,19H,3,8-11H2,1-2H3/t23-;13-/m11/s1. The molecule has 2 aliphatic heterocycles. The fourth-order valence-electron chi connectivity index (χ4n) is 7.84. The number of hydrogen-bond acceptors (Lipinski definition) is 10. The van der Waals surface area contributed by atoms with Crippen molar-refractivity contribution in [2.24, 2.45) is 0 Å². The van der Waals surface area contributed by atoms with Gasteiger partial charge in [-0.05, 0) is 78.0 Å². The Hall–Kier alpha value is -4.13. The topological polar surface area (TPSA) is 161 Å². The number of nitrogens with zero attached hydrogens (tertiary/aromatic N) is 3. The molecule has 2 heterocycles. The van der Waals surface area contributed by atoms with Crippen molar-refractivity contribution in [2.75, 3.05) is 76.4 Å². The Kier molecular flexibility index (Phi) is 15.5. The van der Waals surface area contributed by atoms with Gasteiger partial charge in [-0.25, -0.2) is 26.3 Å². The highest BCUT2D eigenvalue weighted by molar-refractivity contribution is 7.89. The summed E-state index contributed by atoms with van der Waals surface area (Å²) in [4.78, 5) is 18.4. The van der Waals surface area contributed by atoms with E-state index in [0.717, 1.165) is 31.0 Å². The first-order valence-corrected chi connectivity index (χ1v) is 24.9. The summed E-state index contributed by atoms with van der Waals surface area (Å²) >= 11 is 0. The van der Waals surface area contributed by atoms with E-state index < -0.39 is 28.4 Å². The predicted molar refractivity (Wildman–Crippen MR) is 238 cm³/mol. The average molecular weight is 865 g/mol. The quantitative estimate of drug-likeness (QED) is 0.147. The Morgan fingerprint density at radius 1 is 0.746 bits per heavy atom. The lowest BCUT2D eigenvalue weighted by Crippen LogP contribution is -2.68. The van der Waals surface area contributed by atoms with Crippen molar-refractivity contribution in [1.82, 2.24) is 19.7 Å². The summed E-state index contributed by atoms with van der Waals surface area (Å²) in [5.41, 5.74) is 1.89. The van der Waals surface area contributed by atoms with Crippen molar-refractivity contribution >= 4 is 56.0 Å². The van der Waals surface area contributed by atoms with E-state index in [2.05, 4.69) is 106 Å². The molecule has 4 aromatic carbocycles. The second-order valence-corrected chi connectivity index (χ2v) is 23.8. The summed E-state index contributed by atoms with van der Waals surface area (Å²) in [7, 11) is -6.69. The van der Waals surface area contributed by atoms with E-state index in [4.69, 9.17) is 4.43 Å². The molecule has 0 bridgehead atoms. The number of benzene rings is 4. The first kappa shape index (κ1) is 45.9.